The minimum atomic E-state index is -0.275. The lowest BCUT2D eigenvalue weighted by Crippen LogP contribution is -2.36. The maximum atomic E-state index is 12.0. The quantitative estimate of drug-likeness (QED) is 0.804. The molecule has 0 radical (unpaired) electrons. The number of benzene rings is 1. The lowest BCUT2D eigenvalue weighted by molar-refractivity contribution is -0.123. The summed E-state index contributed by atoms with van der Waals surface area (Å²) in [7, 11) is 0. The van der Waals surface area contributed by atoms with Gasteiger partial charge in [-0.05, 0) is 18.9 Å². The molecule has 0 heterocycles. The molecule has 2 N–H and O–H groups in total. The summed E-state index contributed by atoms with van der Waals surface area (Å²) in [5.74, 6) is -0.165. The molecule has 4 heteroatoms. The van der Waals surface area contributed by atoms with Crippen molar-refractivity contribution in [3.05, 3.63) is 35.9 Å². The molecule has 20 heavy (non-hydrogen) atoms. The largest absolute Gasteiger partial charge is 0.354 e. The topological polar surface area (TPSA) is 58.2 Å². The van der Waals surface area contributed by atoms with Crippen molar-refractivity contribution in [2.45, 2.75) is 52.1 Å². The number of carbonyl (C=O) groups is 2. The van der Waals surface area contributed by atoms with Gasteiger partial charge in [0.15, 0.2) is 0 Å². The molecule has 0 fully saturated rings. The minimum Gasteiger partial charge on any atom is -0.354 e. The molecule has 1 aromatic carbocycles. The van der Waals surface area contributed by atoms with Gasteiger partial charge in [0.25, 0.3) is 0 Å². The molecule has 0 aliphatic rings. The Morgan fingerprint density at radius 2 is 1.80 bits per heavy atom. The van der Waals surface area contributed by atoms with Crippen LogP contribution in [0.25, 0.3) is 0 Å². The van der Waals surface area contributed by atoms with E-state index >= 15 is 0 Å². The Hall–Kier alpha value is -1.84. The maximum Gasteiger partial charge on any atom is 0.222 e. The van der Waals surface area contributed by atoms with E-state index in [2.05, 4.69) is 17.6 Å². The van der Waals surface area contributed by atoms with Crippen LogP contribution in [-0.4, -0.2) is 17.9 Å². The highest BCUT2D eigenvalue weighted by Gasteiger charge is 2.17. The Morgan fingerprint density at radius 3 is 2.35 bits per heavy atom. The summed E-state index contributed by atoms with van der Waals surface area (Å²) in [4.78, 5) is 23.3. The fourth-order valence-corrected chi connectivity index (χ4v) is 2.21. The first-order valence-corrected chi connectivity index (χ1v) is 7.14. The van der Waals surface area contributed by atoms with E-state index in [9.17, 15) is 9.59 Å². The van der Waals surface area contributed by atoms with E-state index in [0.29, 0.717) is 0 Å². The van der Waals surface area contributed by atoms with Crippen LogP contribution in [0.1, 0.15) is 51.6 Å². The van der Waals surface area contributed by atoms with Crippen LogP contribution in [0.3, 0.4) is 0 Å². The van der Waals surface area contributed by atoms with E-state index in [0.717, 1.165) is 18.4 Å². The average molecular weight is 276 g/mol. The van der Waals surface area contributed by atoms with E-state index in [4.69, 9.17) is 0 Å². The number of nitrogens with one attached hydrogen (secondary N) is 2. The molecule has 0 saturated heterocycles. The highest BCUT2D eigenvalue weighted by molar-refractivity contribution is 5.79. The van der Waals surface area contributed by atoms with Gasteiger partial charge in [0.2, 0.25) is 11.8 Å². The second kappa shape index (κ2) is 8.35. The molecule has 1 aromatic rings. The van der Waals surface area contributed by atoms with Gasteiger partial charge in [-0.2, -0.15) is 0 Å². The number of carbonyl (C=O) groups excluding carboxylic acids is 2. The van der Waals surface area contributed by atoms with E-state index < -0.39 is 0 Å². The van der Waals surface area contributed by atoms with Gasteiger partial charge in [0, 0.05) is 13.0 Å². The van der Waals surface area contributed by atoms with Crippen LogP contribution in [-0.2, 0) is 9.59 Å². The molecule has 0 spiro atoms. The fourth-order valence-electron chi connectivity index (χ4n) is 2.21. The third-order valence-corrected chi connectivity index (χ3v) is 3.10. The fraction of sp³-hybridized carbons (Fsp3) is 0.500. The average Bonchev–Trinajstić information content (AvgIpc) is 2.38. The van der Waals surface area contributed by atoms with Crippen molar-refractivity contribution < 1.29 is 9.59 Å². The lowest BCUT2D eigenvalue weighted by Gasteiger charge is -2.20. The number of hydrogen-bond donors (Lipinski definition) is 2. The van der Waals surface area contributed by atoms with Gasteiger partial charge in [-0.3, -0.25) is 9.59 Å². The molecule has 1 rings (SSSR count). The molecule has 110 valence electrons. The second-order valence-electron chi connectivity index (χ2n) is 5.13. The summed E-state index contributed by atoms with van der Waals surface area (Å²) < 4.78 is 0. The van der Waals surface area contributed by atoms with Crippen LogP contribution in [0, 0.1) is 0 Å². The van der Waals surface area contributed by atoms with Crippen LogP contribution in [0.15, 0.2) is 30.3 Å². The van der Waals surface area contributed by atoms with Crippen molar-refractivity contribution in [1.29, 1.82) is 0 Å². The summed E-state index contributed by atoms with van der Waals surface area (Å²) >= 11 is 0. The molecule has 0 unspecified atom stereocenters. The van der Waals surface area contributed by atoms with Crippen LogP contribution < -0.4 is 10.6 Å². The first-order valence-electron chi connectivity index (χ1n) is 7.14. The molecule has 2 atom stereocenters. The smallest absolute Gasteiger partial charge is 0.222 e. The van der Waals surface area contributed by atoms with Gasteiger partial charge < -0.3 is 10.6 Å². The van der Waals surface area contributed by atoms with E-state index in [1.54, 1.807) is 0 Å². The number of amides is 2. The summed E-state index contributed by atoms with van der Waals surface area (Å²) in [6.07, 6.45) is 2.26. The summed E-state index contributed by atoms with van der Waals surface area (Å²) in [5.41, 5.74) is 0.945. The minimum absolute atomic E-state index is 0.0337. The van der Waals surface area contributed by atoms with Gasteiger partial charge in [-0.25, -0.2) is 0 Å². The predicted octanol–water partition coefficient (Wildman–Crippen LogP) is 2.56. The zero-order valence-corrected chi connectivity index (χ0v) is 12.5. The van der Waals surface area contributed by atoms with Crippen molar-refractivity contribution in [2.75, 3.05) is 0 Å². The Morgan fingerprint density at radius 1 is 1.15 bits per heavy atom. The highest BCUT2D eigenvalue weighted by Crippen LogP contribution is 2.16. The normalized spacial score (nSPS) is 13.3. The molecule has 0 aliphatic carbocycles. The van der Waals surface area contributed by atoms with Gasteiger partial charge in [-0.1, -0.05) is 43.7 Å². The van der Waals surface area contributed by atoms with Crippen LogP contribution >= 0.6 is 0 Å². The molecule has 0 bridgehead atoms. The first kappa shape index (κ1) is 16.2. The van der Waals surface area contributed by atoms with Crippen molar-refractivity contribution in [1.82, 2.24) is 10.6 Å². The van der Waals surface area contributed by atoms with Crippen LogP contribution in [0.5, 0.6) is 0 Å². The third-order valence-electron chi connectivity index (χ3n) is 3.10. The zero-order chi connectivity index (χ0) is 15.0. The van der Waals surface area contributed by atoms with E-state index in [1.165, 1.54) is 6.92 Å². The van der Waals surface area contributed by atoms with Gasteiger partial charge >= 0.3 is 0 Å². The summed E-state index contributed by atoms with van der Waals surface area (Å²) in [6.45, 7) is 5.55. The number of hydrogen-bond acceptors (Lipinski definition) is 2. The summed E-state index contributed by atoms with van der Waals surface area (Å²) in [5, 5.41) is 5.80. The van der Waals surface area contributed by atoms with Gasteiger partial charge in [0.05, 0.1) is 12.5 Å². The molecule has 0 saturated carbocycles. The van der Waals surface area contributed by atoms with Gasteiger partial charge in [0.1, 0.15) is 0 Å². The maximum absolute atomic E-state index is 12.0. The van der Waals surface area contributed by atoms with E-state index in [-0.39, 0.29) is 30.3 Å². The number of rotatable bonds is 7. The standard InChI is InChI=1S/C16H24N2O2/c1-4-8-12(2)17-16(20)11-15(18-13(3)19)14-9-6-5-7-10-14/h5-7,9-10,12,15H,4,8,11H2,1-3H3,(H,17,20)(H,18,19)/t12-,15+/m1/s1. The van der Waals surface area contributed by atoms with E-state index in [1.807, 2.05) is 37.3 Å². The van der Waals surface area contributed by atoms with Crippen LogP contribution in [0.2, 0.25) is 0 Å². The Labute approximate surface area is 121 Å². The molecule has 0 aromatic heterocycles. The van der Waals surface area contributed by atoms with Crippen LogP contribution in [0.4, 0.5) is 0 Å². The van der Waals surface area contributed by atoms with Crippen molar-refractivity contribution >= 4 is 11.8 Å². The first-order chi connectivity index (χ1) is 9.52. The molecule has 0 aliphatic heterocycles. The third kappa shape index (κ3) is 5.87. The van der Waals surface area contributed by atoms with Crippen molar-refractivity contribution in [2.24, 2.45) is 0 Å². The Kier molecular flexibility index (Phi) is 6.77. The summed E-state index contributed by atoms with van der Waals surface area (Å²) in [6, 6.07) is 9.46. The molecular weight excluding hydrogens is 252 g/mol. The lowest BCUT2D eigenvalue weighted by atomic mass is 10.0. The SMILES string of the molecule is CCC[C@@H](C)NC(=O)C[C@H](NC(C)=O)c1ccccc1. The Bertz CT molecular complexity index is 431. The zero-order valence-electron chi connectivity index (χ0n) is 12.5. The molecule has 2 amide bonds. The molecular formula is C16H24N2O2. The van der Waals surface area contributed by atoms with Crippen molar-refractivity contribution in [3.63, 3.8) is 0 Å². The van der Waals surface area contributed by atoms with Crippen molar-refractivity contribution in [3.8, 4) is 0 Å². The van der Waals surface area contributed by atoms with Gasteiger partial charge in [-0.15, -0.1) is 0 Å². The monoisotopic (exact) mass is 276 g/mol. The highest BCUT2D eigenvalue weighted by atomic mass is 16.2. The molecule has 4 nitrogen and oxygen atoms in total. The second-order valence-corrected chi connectivity index (χ2v) is 5.13. The Balaban J connectivity index is 2.66. The predicted molar refractivity (Wildman–Crippen MR) is 80.1 cm³/mol.